The summed E-state index contributed by atoms with van der Waals surface area (Å²) in [6, 6.07) is 7.63. The van der Waals surface area contributed by atoms with Crippen LogP contribution in [0, 0.1) is 13.8 Å². The number of aryl methyl sites for hydroxylation is 2. The molecule has 7 nitrogen and oxygen atoms in total. The normalized spacial score (nSPS) is 10.1. The monoisotopic (exact) mass is 301 g/mol. The minimum atomic E-state index is -1.82. The smallest absolute Gasteiger partial charge is 0.271 e. The Balaban J connectivity index is 2.05. The van der Waals surface area contributed by atoms with Gasteiger partial charge in [0.1, 0.15) is 17.5 Å². The highest BCUT2D eigenvalue weighted by molar-refractivity contribution is 6.35. The number of carbonyl (C=O) groups is 3. The lowest BCUT2D eigenvalue weighted by atomic mass is 10.2. The number of benzene rings is 1. The summed E-state index contributed by atoms with van der Waals surface area (Å²) in [5.74, 6) is -2.21. The number of carbonyl (C=O) groups excluding carboxylic acids is 3. The summed E-state index contributed by atoms with van der Waals surface area (Å²) in [7, 11) is 0. The number of aliphatic carboxylic acids is 1. The van der Waals surface area contributed by atoms with Crippen LogP contribution in [0.5, 0.6) is 0 Å². The summed E-state index contributed by atoms with van der Waals surface area (Å²) in [6.07, 6.45) is 0. The predicted octanol–water partition coefficient (Wildman–Crippen LogP) is 0.837. The van der Waals surface area contributed by atoms with Crippen LogP contribution >= 0.6 is 0 Å². The fourth-order valence-corrected chi connectivity index (χ4v) is 1.87. The van der Waals surface area contributed by atoms with Gasteiger partial charge in [0.25, 0.3) is 11.8 Å². The Kier molecular flexibility index (Phi) is 4.26. The lowest BCUT2D eigenvalue weighted by molar-refractivity contribution is -0.299. The van der Waals surface area contributed by atoms with Gasteiger partial charge < -0.3 is 25.0 Å². The number of rotatable bonds is 3. The second-order valence-corrected chi connectivity index (χ2v) is 4.60. The van der Waals surface area contributed by atoms with E-state index in [2.05, 4.69) is 10.6 Å². The zero-order valence-electron chi connectivity index (χ0n) is 11.9. The second-order valence-electron chi connectivity index (χ2n) is 4.60. The molecule has 114 valence electrons. The summed E-state index contributed by atoms with van der Waals surface area (Å²) in [5.41, 5.74) is 1.21. The van der Waals surface area contributed by atoms with E-state index in [0.29, 0.717) is 22.8 Å². The molecule has 0 bridgehead atoms. The van der Waals surface area contributed by atoms with Crippen LogP contribution in [-0.2, 0) is 9.59 Å². The Hall–Kier alpha value is -3.09. The molecule has 2 rings (SSSR count). The number of carboxylic acid groups (broad SMARTS) is 1. The molecule has 1 heterocycles. The van der Waals surface area contributed by atoms with E-state index >= 15 is 0 Å². The Morgan fingerprint density at radius 1 is 1.00 bits per heavy atom. The van der Waals surface area contributed by atoms with E-state index in [1.807, 2.05) is 0 Å². The molecule has 0 saturated carbocycles. The van der Waals surface area contributed by atoms with E-state index < -0.39 is 11.9 Å². The van der Waals surface area contributed by atoms with Gasteiger partial charge in [-0.3, -0.25) is 9.59 Å². The molecule has 2 aromatic rings. The van der Waals surface area contributed by atoms with Gasteiger partial charge in [-0.25, -0.2) is 0 Å². The summed E-state index contributed by atoms with van der Waals surface area (Å²) in [5, 5.41) is 15.1. The van der Waals surface area contributed by atoms with E-state index in [1.54, 1.807) is 19.9 Å². The molecular weight excluding hydrogens is 288 g/mol. The summed E-state index contributed by atoms with van der Waals surface area (Å²) < 4.78 is 5.29. The molecule has 0 unspecified atom stereocenters. The van der Waals surface area contributed by atoms with Crippen LogP contribution in [0.4, 0.5) is 11.4 Å². The molecule has 0 radical (unpaired) electrons. The topological polar surface area (TPSA) is 111 Å². The first kappa shape index (κ1) is 15.3. The van der Waals surface area contributed by atoms with Crippen molar-refractivity contribution < 1.29 is 23.9 Å². The zero-order valence-corrected chi connectivity index (χ0v) is 11.9. The number of anilines is 2. The van der Waals surface area contributed by atoms with Crippen LogP contribution in [0.15, 0.2) is 34.7 Å². The maximum Gasteiger partial charge on any atom is 0.271 e. The van der Waals surface area contributed by atoms with Gasteiger partial charge in [-0.1, -0.05) is 0 Å². The van der Waals surface area contributed by atoms with E-state index in [0.717, 1.165) is 0 Å². The molecule has 22 heavy (non-hydrogen) atoms. The molecule has 0 saturated heterocycles. The number of hydrogen-bond acceptors (Lipinski definition) is 5. The third-order valence-corrected chi connectivity index (χ3v) is 2.87. The highest BCUT2D eigenvalue weighted by atomic mass is 16.4. The van der Waals surface area contributed by atoms with Gasteiger partial charge in [-0.2, -0.15) is 0 Å². The number of carboxylic acids is 1. The summed E-state index contributed by atoms with van der Waals surface area (Å²) in [4.78, 5) is 33.3. The van der Waals surface area contributed by atoms with Crippen molar-refractivity contribution in [3.05, 3.63) is 47.4 Å². The molecule has 0 aliphatic heterocycles. The van der Waals surface area contributed by atoms with E-state index in [1.165, 1.54) is 24.3 Å². The third-order valence-electron chi connectivity index (χ3n) is 2.87. The maximum atomic E-state index is 12.1. The number of furan rings is 1. The fourth-order valence-electron chi connectivity index (χ4n) is 1.87. The first-order chi connectivity index (χ1) is 10.4. The highest BCUT2D eigenvalue weighted by Gasteiger charge is 2.13. The summed E-state index contributed by atoms with van der Waals surface area (Å²) in [6.45, 7) is 3.44. The molecule has 2 amide bonds. The molecule has 1 aromatic heterocycles. The third kappa shape index (κ3) is 3.51. The van der Waals surface area contributed by atoms with Crippen molar-refractivity contribution in [3.8, 4) is 0 Å². The lowest BCUT2D eigenvalue weighted by Crippen LogP contribution is -2.36. The van der Waals surface area contributed by atoms with Crippen LogP contribution in [0.1, 0.15) is 21.9 Å². The number of nitrogens with one attached hydrogen (secondary N) is 2. The van der Waals surface area contributed by atoms with Crippen molar-refractivity contribution in [2.75, 3.05) is 10.6 Å². The highest BCUT2D eigenvalue weighted by Crippen LogP contribution is 2.18. The van der Waals surface area contributed by atoms with Crippen LogP contribution in [0.3, 0.4) is 0 Å². The van der Waals surface area contributed by atoms with Gasteiger partial charge in [-0.05, 0) is 44.2 Å². The quantitative estimate of drug-likeness (QED) is 0.816. The molecule has 2 N–H and O–H groups in total. The lowest BCUT2D eigenvalue weighted by Gasteiger charge is -2.08. The number of amides is 2. The fraction of sp³-hybridized carbons (Fsp3) is 0.133. The molecule has 0 aliphatic rings. The average Bonchev–Trinajstić information content (AvgIpc) is 2.79. The van der Waals surface area contributed by atoms with Gasteiger partial charge in [0, 0.05) is 11.4 Å². The van der Waals surface area contributed by atoms with Gasteiger partial charge >= 0.3 is 0 Å². The Morgan fingerprint density at radius 2 is 1.55 bits per heavy atom. The van der Waals surface area contributed by atoms with E-state index in [9.17, 15) is 19.5 Å². The van der Waals surface area contributed by atoms with Crippen molar-refractivity contribution >= 4 is 29.2 Å². The summed E-state index contributed by atoms with van der Waals surface area (Å²) >= 11 is 0. The van der Waals surface area contributed by atoms with Crippen LogP contribution in [-0.4, -0.2) is 17.8 Å². The van der Waals surface area contributed by atoms with Crippen molar-refractivity contribution in [3.63, 3.8) is 0 Å². The van der Waals surface area contributed by atoms with Crippen molar-refractivity contribution in [2.45, 2.75) is 13.8 Å². The maximum absolute atomic E-state index is 12.1. The predicted molar refractivity (Wildman–Crippen MR) is 76.2 cm³/mol. The van der Waals surface area contributed by atoms with E-state index in [4.69, 9.17) is 4.42 Å². The number of hydrogen-bond donors (Lipinski definition) is 2. The van der Waals surface area contributed by atoms with Crippen LogP contribution in [0.2, 0.25) is 0 Å². The SMILES string of the molecule is Cc1cc(C(=O)Nc2ccc(NC(=O)C(=O)[O-])cc2)c(C)o1. The Morgan fingerprint density at radius 3 is 2.00 bits per heavy atom. The molecule has 0 aliphatic carbocycles. The standard InChI is InChI=1S/C15H14N2O5/c1-8-7-12(9(2)22-8)13(18)16-10-3-5-11(6-4-10)17-14(19)15(20)21/h3-7H,1-2H3,(H,16,18)(H,17,19)(H,20,21)/p-1. The molecule has 1 aromatic carbocycles. The Labute approximate surface area is 125 Å². The van der Waals surface area contributed by atoms with Gasteiger partial charge in [-0.15, -0.1) is 0 Å². The van der Waals surface area contributed by atoms with Gasteiger partial charge in [0.05, 0.1) is 5.56 Å². The molecular formula is C15H13N2O5-. The molecule has 7 heteroatoms. The Bertz CT molecular complexity index is 731. The molecule has 0 fully saturated rings. The minimum absolute atomic E-state index is 0.280. The zero-order chi connectivity index (χ0) is 16.3. The minimum Gasteiger partial charge on any atom is -0.540 e. The van der Waals surface area contributed by atoms with Crippen LogP contribution in [0.25, 0.3) is 0 Å². The average molecular weight is 301 g/mol. The molecule has 0 spiro atoms. The first-order valence-electron chi connectivity index (χ1n) is 6.37. The van der Waals surface area contributed by atoms with Gasteiger partial charge in [0.2, 0.25) is 0 Å². The van der Waals surface area contributed by atoms with Crippen molar-refractivity contribution in [1.29, 1.82) is 0 Å². The van der Waals surface area contributed by atoms with Crippen molar-refractivity contribution in [2.24, 2.45) is 0 Å². The van der Waals surface area contributed by atoms with Crippen LogP contribution < -0.4 is 15.7 Å². The first-order valence-corrected chi connectivity index (χ1v) is 6.37. The molecule has 0 atom stereocenters. The van der Waals surface area contributed by atoms with E-state index in [-0.39, 0.29) is 11.6 Å². The van der Waals surface area contributed by atoms with Crippen molar-refractivity contribution in [1.82, 2.24) is 0 Å². The van der Waals surface area contributed by atoms with Gasteiger partial charge in [0.15, 0.2) is 0 Å². The largest absolute Gasteiger partial charge is 0.540 e. The second kappa shape index (κ2) is 6.13.